The van der Waals surface area contributed by atoms with Gasteiger partial charge in [0, 0.05) is 18.3 Å². The molecule has 0 atom stereocenters. The number of hydrogen-bond donors (Lipinski definition) is 0. The average Bonchev–Trinajstić information content (AvgIpc) is 3.14. The first-order chi connectivity index (χ1) is 13.9. The van der Waals surface area contributed by atoms with Gasteiger partial charge in [-0.3, -0.25) is 4.79 Å². The fraction of sp³-hybridized carbons (Fsp3) is 0.524. The Morgan fingerprint density at radius 3 is 2.34 bits per heavy atom. The summed E-state index contributed by atoms with van der Waals surface area (Å²) in [5.41, 5.74) is -0.848. The molecule has 0 bridgehead atoms. The molecular formula is C21H28N2O5S. The monoisotopic (exact) mass is 420 g/mol. The predicted octanol–water partition coefficient (Wildman–Crippen LogP) is 3.53. The van der Waals surface area contributed by atoms with Gasteiger partial charge < -0.3 is 4.74 Å². The van der Waals surface area contributed by atoms with E-state index in [0.717, 1.165) is 36.4 Å². The Kier molecular flexibility index (Phi) is 6.62. The van der Waals surface area contributed by atoms with Crippen LogP contribution in [0, 0.1) is 11.8 Å². The average molecular weight is 421 g/mol. The largest absolute Gasteiger partial charge is 0.497 e. The minimum atomic E-state index is -4.08. The van der Waals surface area contributed by atoms with Gasteiger partial charge in [0.1, 0.15) is 5.75 Å². The van der Waals surface area contributed by atoms with Gasteiger partial charge >= 0.3 is 5.69 Å². The number of imidazole rings is 1. The van der Waals surface area contributed by atoms with E-state index in [9.17, 15) is 18.0 Å². The summed E-state index contributed by atoms with van der Waals surface area (Å²) in [5.74, 6) is 0.618. The second kappa shape index (κ2) is 8.98. The van der Waals surface area contributed by atoms with Crippen LogP contribution in [0.15, 0.2) is 46.3 Å². The molecule has 8 heteroatoms. The zero-order chi connectivity index (χ0) is 21.0. The second-order valence-corrected chi connectivity index (χ2v) is 9.44. The summed E-state index contributed by atoms with van der Waals surface area (Å²) in [6.45, 7) is 2.17. The van der Waals surface area contributed by atoms with Gasteiger partial charge in [-0.25, -0.2) is 17.8 Å². The standard InChI is InChI=1S/C21H28N2O5S/c1-3-4-5-16-6-8-17(9-7-16)20(24)22-14-15-23(21(22)25)29(26,27)19-12-10-18(28-2)11-13-19/h10-17H,3-9H2,1-2H3. The number of carbonyl (C=O) groups is 1. The molecule has 1 aromatic carbocycles. The maximum absolute atomic E-state index is 12.8. The van der Waals surface area contributed by atoms with Crippen molar-refractivity contribution in [2.75, 3.05) is 7.11 Å². The highest BCUT2D eigenvalue weighted by Crippen LogP contribution is 2.32. The lowest BCUT2D eigenvalue weighted by Gasteiger charge is -2.27. The second-order valence-electron chi connectivity index (χ2n) is 7.63. The Bertz CT molecular complexity index is 996. The molecule has 158 valence electrons. The van der Waals surface area contributed by atoms with E-state index in [1.807, 2.05) is 0 Å². The molecule has 1 saturated carbocycles. The number of benzene rings is 1. The minimum absolute atomic E-state index is 0.0398. The third kappa shape index (κ3) is 4.47. The molecule has 2 aromatic rings. The molecule has 0 aliphatic heterocycles. The van der Waals surface area contributed by atoms with Gasteiger partial charge in [-0.1, -0.05) is 26.2 Å². The SMILES string of the molecule is CCCCC1CCC(C(=O)n2ccn(S(=O)(=O)c3ccc(OC)cc3)c2=O)CC1. The molecule has 0 radical (unpaired) electrons. The van der Waals surface area contributed by atoms with Crippen LogP contribution in [0.4, 0.5) is 0 Å². The quantitative estimate of drug-likeness (QED) is 0.684. The predicted molar refractivity (Wildman–Crippen MR) is 110 cm³/mol. The van der Waals surface area contributed by atoms with E-state index >= 15 is 0 Å². The topological polar surface area (TPSA) is 87.4 Å². The number of methoxy groups -OCH3 is 1. The van der Waals surface area contributed by atoms with Crippen LogP contribution in [0.1, 0.15) is 56.7 Å². The van der Waals surface area contributed by atoms with Crippen molar-refractivity contribution in [2.24, 2.45) is 11.8 Å². The molecule has 0 unspecified atom stereocenters. The van der Waals surface area contributed by atoms with Crippen molar-refractivity contribution in [1.29, 1.82) is 0 Å². The highest BCUT2D eigenvalue weighted by atomic mass is 32.2. The van der Waals surface area contributed by atoms with Crippen molar-refractivity contribution in [3.8, 4) is 5.75 Å². The van der Waals surface area contributed by atoms with E-state index in [1.165, 1.54) is 56.8 Å². The highest BCUT2D eigenvalue weighted by molar-refractivity contribution is 7.90. The third-order valence-electron chi connectivity index (χ3n) is 5.76. The van der Waals surface area contributed by atoms with Gasteiger partial charge in [-0.15, -0.1) is 0 Å². The lowest BCUT2D eigenvalue weighted by Crippen LogP contribution is -2.36. The van der Waals surface area contributed by atoms with E-state index in [2.05, 4.69) is 6.92 Å². The first kappa shape index (κ1) is 21.4. The summed E-state index contributed by atoms with van der Waals surface area (Å²) in [7, 11) is -2.60. The number of nitrogens with zero attached hydrogens (tertiary/aromatic N) is 2. The Morgan fingerprint density at radius 1 is 1.10 bits per heavy atom. The lowest BCUT2D eigenvalue weighted by atomic mass is 9.79. The van der Waals surface area contributed by atoms with Crippen molar-refractivity contribution in [2.45, 2.75) is 56.8 Å². The molecule has 1 heterocycles. The summed E-state index contributed by atoms with van der Waals surface area (Å²) in [6, 6.07) is 5.77. The van der Waals surface area contributed by atoms with Crippen LogP contribution in [0.5, 0.6) is 5.75 Å². The van der Waals surface area contributed by atoms with Crippen molar-refractivity contribution in [3.05, 3.63) is 47.1 Å². The van der Waals surface area contributed by atoms with Gasteiger partial charge in [0.2, 0.25) is 5.91 Å². The molecule has 0 amide bonds. The molecule has 3 rings (SSSR count). The van der Waals surface area contributed by atoms with E-state index in [-0.39, 0.29) is 16.7 Å². The van der Waals surface area contributed by atoms with E-state index < -0.39 is 15.7 Å². The van der Waals surface area contributed by atoms with Crippen molar-refractivity contribution >= 4 is 15.9 Å². The Labute approximate surface area is 171 Å². The number of aromatic nitrogens is 2. The molecule has 1 aliphatic carbocycles. The fourth-order valence-electron chi connectivity index (χ4n) is 3.96. The van der Waals surface area contributed by atoms with Crippen LogP contribution in [0.25, 0.3) is 0 Å². The summed E-state index contributed by atoms with van der Waals surface area (Å²) < 4.78 is 32.2. The third-order valence-corrected chi connectivity index (χ3v) is 7.43. The van der Waals surface area contributed by atoms with Gasteiger partial charge in [-0.05, 0) is 55.9 Å². The number of ether oxygens (including phenoxy) is 1. The first-order valence-corrected chi connectivity index (χ1v) is 11.6. The Morgan fingerprint density at radius 2 is 1.76 bits per heavy atom. The minimum Gasteiger partial charge on any atom is -0.497 e. The molecule has 29 heavy (non-hydrogen) atoms. The normalized spacial score (nSPS) is 19.8. The van der Waals surface area contributed by atoms with E-state index in [1.54, 1.807) is 0 Å². The molecular weight excluding hydrogens is 392 g/mol. The number of hydrogen-bond acceptors (Lipinski definition) is 5. The Hall–Kier alpha value is -2.35. The Balaban J connectivity index is 1.77. The lowest BCUT2D eigenvalue weighted by molar-refractivity contribution is 0.0776. The summed E-state index contributed by atoms with van der Waals surface area (Å²) in [5, 5.41) is 0. The van der Waals surface area contributed by atoms with Gasteiger partial charge in [0.05, 0.1) is 12.0 Å². The maximum Gasteiger partial charge on any atom is 0.349 e. The van der Waals surface area contributed by atoms with E-state index in [0.29, 0.717) is 15.6 Å². The van der Waals surface area contributed by atoms with Crippen LogP contribution in [0.2, 0.25) is 0 Å². The summed E-state index contributed by atoms with van der Waals surface area (Å²) in [4.78, 5) is 25.5. The van der Waals surface area contributed by atoms with Gasteiger partial charge in [0.25, 0.3) is 10.0 Å². The number of carbonyl (C=O) groups excluding carboxylic acids is 1. The highest BCUT2D eigenvalue weighted by Gasteiger charge is 2.29. The van der Waals surface area contributed by atoms with Crippen molar-refractivity contribution in [3.63, 3.8) is 0 Å². The van der Waals surface area contributed by atoms with Crippen LogP contribution < -0.4 is 10.4 Å². The molecule has 0 spiro atoms. The van der Waals surface area contributed by atoms with Gasteiger partial charge in [0.15, 0.2) is 0 Å². The molecule has 1 aromatic heterocycles. The number of unbranched alkanes of at least 4 members (excludes halogenated alkanes) is 1. The zero-order valence-corrected chi connectivity index (χ0v) is 17.7. The maximum atomic E-state index is 12.8. The van der Waals surface area contributed by atoms with Crippen molar-refractivity contribution < 1.29 is 17.9 Å². The molecule has 0 N–H and O–H groups in total. The molecule has 7 nitrogen and oxygen atoms in total. The fourth-order valence-corrected chi connectivity index (χ4v) is 5.18. The van der Waals surface area contributed by atoms with Crippen LogP contribution in [0.3, 0.4) is 0 Å². The van der Waals surface area contributed by atoms with Crippen molar-refractivity contribution in [1.82, 2.24) is 8.54 Å². The van der Waals surface area contributed by atoms with Crippen LogP contribution in [-0.4, -0.2) is 30.0 Å². The summed E-state index contributed by atoms with van der Waals surface area (Å²) >= 11 is 0. The first-order valence-electron chi connectivity index (χ1n) is 10.1. The van der Waals surface area contributed by atoms with Gasteiger partial charge in [-0.2, -0.15) is 3.97 Å². The molecule has 1 aliphatic rings. The van der Waals surface area contributed by atoms with Crippen LogP contribution in [-0.2, 0) is 10.0 Å². The summed E-state index contributed by atoms with van der Waals surface area (Å²) in [6.07, 6.45) is 9.42. The molecule has 1 fully saturated rings. The van der Waals surface area contributed by atoms with E-state index in [4.69, 9.17) is 4.74 Å². The molecule has 0 saturated heterocycles. The smallest absolute Gasteiger partial charge is 0.349 e. The number of rotatable bonds is 7. The van der Waals surface area contributed by atoms with Crippen LogP contribution >= 0.6 is 0 Å². The zero-order valence-electron chi connectivity index (χ0n) is 16.9.